The quantitative estimate of drug-likeness (QED) is 0.475. The van der Waals surface area contributed by atoms with Gasteiger partial charge in [-0.25, -0.2) is 9.97 Å². The average molecular weight is 398 g/mol. The summed E-state index contributed by atoms with van der Waals surface area (Å²) in [7, 11) is 0.457. The van der Waals surface area contributed by atoms with Gasteiger partial charge in [-0.2, -0.15) is 13.2 Å². The number of pyridine rings is 1. The molecule has 1 aliphatic heterocycles. The van der Waals surface area contributed by atoms with Crippen LogP contribution in [-0.2, 0) is 11.0 Å². The number of halogens is 4. The van der Waals surface area contributed by atoms with E-state index in [-0.39, 0.29) is 5.95 Å². The van der Waals surface area contributed by atoms with Gasteiger partial charge < -0.3 is 14.9 Å². The molecular weight excluding hydrogens is 381 g/mol. The van der Waals surface area contributed by atoms with Crippen LogP contribution < -0.4 is 5.32 Å². The van der Waals surface area contributed by atoms with Crippen molar-refractivity contribution in [2.24, 2.45) is 0 Å². The fourth-order valence-electron chi connectivity index (χ4n) is 2.98. The monoisotopic (exact) mass is 397 g/mol. The van der Waals surface area contributed by atoms with E-state index in [1.54, 1.807) is 12.3 Å². The lowest BCUT2D eigenvalue weighted by molar-refractivity contribution is -0.137. The van der Waals surface area contributed by atoms with Crippen molar-refractivity contribution in [1.29, 1.82) is 0 Å². The van der Waals surface area contributed by atoms with Crippen LogP contribution in [0, 0.1) is 0 Å². The van der Waals surface area contributed by atoms with Crippen molar-refractivity contribution in [2.45, 2.75) is 24.9 Å². The topological polar surface area (TPSA) is 71.0 Å². The smallest absolute Gasteiger partial charge is 0.339 e. The van der Waals surface area contributed by atoms with E-state index in [0.717, 1.165) is 37.8 Å². The number of anilines is 2. The molecule has 0 amide bonds. The van der Waals surface area contributed by atoms with Crippen LogP contribution in [0.2, 0.25) is 5.15 Å². The van der Waals surface area contributed by atoms with Gasteiger partial charge in [-0.3, -0.25) is 4.98 Å². The van der Waals surface area contributed by atoms with Crippen LogP contribution in [0.3, 0.4) is 0 Å². The molecule has 2 aromatic rings. The molecule has 1 N–H and O–H groups in total. The fourth-order valence-corrected chi connectivity index (χ4v) is 3.21. The van der Waals surface area contributed by atoms with Crippen molar-refractivity contribution in [1.82, 2.24) is 19.8 Å². The number of piperidine rings is 1. The van der Waals surface area contributed by atoms with Crippen molar-refractivity contribution in [3.05, 3.63) is 40.9 Å². The first-order valence-corrected chi connectivity index (χ1v) is 8.73. The fraction of sp³-hybridized carbons (Fsp3) is 0.375. The van der Waals surface area contributed by atoms with E-state index in [1.165, 1.54) is 0 Å². The summed E-state index contributed by atoms with van der Waals surface area (Å²) in [6, 6.07) is 3.64. The van der Waals surface area contributed by atoms with Crippen molar-refractivity contribution >= 4 is 36.8 Å². The van der Waals surface area contributed by atoms with Gasteiger partial charge in [0.15, 0.2) is 0 Å². The summed E-state index contributed by atoms with van der Waals surface area (Å²) < 4.78 is 38.0. The summed E-state index contributed by atoms with van der Waals surface area (Å²) in [6.07, 6.45) is 0.389. The third-order valence-corrected chi connectivity index (χ3v) is 4.72. The number of nitrogens with zero attached hydrogens (tertiary/aromatic N) is 4. The Bertz CT molecular complexity index is 798. The molecule has 0 atom stereocenters. The summed E-state index contributed by atoms with van der Waals surface area (Å²) in [5.74, 6) is 0.281. The van der Waals surface area contributed by atoms with Crippen molar-refractivity contribution < 1.29 is 18.0 Å². The van der Waals surface area contributed by atoms with Gasteiger partial charge in [0.2, 0.25) is 5.95 Å². The molecule has 27 heavy (non-hydrogen) atoms. The first kappa shape index (κ1) is 19.6. The van der Waals surface area contributed by atoms with Crippen molar-refractivity contribution in [2.75, 3.05) is 18.4 Å². The SMILES string of the molecule is O=CBN1CCC(c2ccc(Nc3ncc(C(F)(F)F)c(Cl)n3)cn2)CC1. The largest absolute Gasteiger partial charge is 0.420 e. The molecule has 0 unspecified atom stereocenters. The summed E-state index contributed by atoms with van der Waals surface area (Å²) >= 11 is 5.59. The summed E-state index contributed by atoms with van der Waals surface area (Å²) in [6.45, 7) is 1.70. The summed E-state index contributed by atoms with van der Waals surface area (Å²) in [5, 5.41) is 2.13. The van der Waals surface area contributed by atoms with E-state index in [9.17, 15) is 18.0 Å². The van der Waals surface area contributed by atoms with Crippen LogP contribution in [0.1, 0.15) is 30.0 Å². The second-order valence-corrected chi connectivity index (χ2v) is 6.59. The lowest BCUT2D eigenvalue weighted by atomic mass is 9.86. The molecule has 0 saturated carbocycles. The van der Waals surface area contributed by atoms with E-state index < -0.39 is 16.9 Å². The van der Waals surface area contributed by atoms with Crippen molar-refractivity contribution in [3.63, 3.8) is 0 Å². The average Bonchev–Trinajstić information content (AvgIpc) is 2.62. The number of alkyl halides is 3. The standard InChI is InChI=1S/C16H16BClF3N5O/c18-14-12(16(19,20)21)8-23-15(25-14)24-11-1-2-13(22-7-11)10-3-5-26(6-4-10)17-9-27/h1-2,7-10,17H,3-6H2,(H,23,24,25). The Morgan fingerprint density at radius 2 is 1.96 bits per heavy atom. The van der Waals surface area contributed by atoms with Gasteiger partial charge in [0.25, 0.3) is 7.41 Å². The molecule has 3 rings (SSSR count). The molecule has 0 bridgehead atoms. The molecule has 0 radical (unpaired) electrons. The Balaban J connectivity index is 1.63. The van der Waals surface area contributed by atoms with Gasteiger partial charge in [0, 0.05) is 17.8 Å². The molecule has 1 fully saturated rings. The minimum Gasteiger partial charge on any atom is -0.339 e. The predicted molar refractivity (Wildman–Crippen MR) is 97.0 cm³/mol. The second-order valence-electron chi connectivity index (χ2n) is 6.23. The predicted octanol–water partition coefficient (Wildman–Crippen LogP) is 3.01. The van der Waals surface area contributed by atoms with E-state index in [1.807, 2.05) is 6.07 Å². The molecule has 0 aliphatic carbocycles. The second kappa shape index (κ2) is 8.22. The molecule has 2 aromatic heterocycles. The minimum absolute atomic E-state index is 0.0373. The molecule has 1 saturated heterocycles. The third-order valence-electron chi connectivity index (χ3n) is 4.43. The van der Waals surface area contributed by atoms with Gasteiger partial charge in [-0.05, 0) is 38.1 Å². The maximum Gasteiger partial charge on any atom is 0.420 e. The van der Waals surface area contributed by atoms with Crippen LogP contribution >= 0.6 is 11.6 Å². The van der Waals surface area contributed by atoms with Gasteiger partial charge in [0.1, 0.15) is 10.7 Å². The highest BCUT2D eigenvalue weighted by Crippen LogP contribution is 2.33. The number of carbonyl (C=O) groups is 1. The van der Waals surface area contributed by atoms with Crippen LogP contribution in [0.5, 0.6) is 0 Å². The molecule has 0 spiro atoms. The highest BCUT2D eigenvalue weighted by Gasteiger charge is 2.34. The van der Waals surface area contributed by atoms with Crippen LogP contribution in [-0.4, -0.2) is 46.5 Å². The number of rotatable bonds is 5. The number of carbonyl (C=O) groups excluding carboxylic acids is 1. The zero-order chi connectivity index (χ0) is 19.4. The van der Waals surface area contributed by atoms with Gasteiger partial charge in [-0.15, -0.1) is 0 Å². The van der Waals surface area contributed by atoms with Gasteiger partial charge >= 0.3 is 6.18 Å². The van der Waals surface area contributed by atoms with E-state index in [4.69, 9.17) is 11.6 Å². The Labute approximate surface area is 159 Å². The summed E-state index contributed by atoms with van der Waals surface area (Å²) in [4.78, 5) is 24.4. The Kier molecular flexibility index (Phi) is 5.96. The van der Waals surface area contributed by atoms with E-state index in [0.29, 0.717) is 25.2 Å². The van der Waals surface area contributed by atoms with Gasteiger partial charge in [0.05, 0.1) is 18.1 Å². The maximum absolute atomic E-state index is 12.7. The van der Waals surface area contributed by atoms with Gasteiger partial charge in [-0.1, -0.05) is 11.6 Å². The highest BCUT2D eigenvalue weighted by atomic mass is 35.5. The Morgan fingerprint density at radius 3 is 2.52 bits per heavy atom. The molecular formula is C16H16BClF3N5O. The van der Waals surface area contributed by atoms with E-state index >= 15 is 0 Å². The molecule has 1 aliphatic rings. The molecule has 0 aromatic carbocycles. The van der Waals surface area contributed by atoms with Crippen LogP contribution in [0.25, 0.3) is 0 Å². The maximum atomic E-state index is 12.7. The minimum atomic E-state index is -4.60. The number of hydrogen-bond donors (Lipinski definition) is 1. The zero-order valence-corrected chi connectivity index (χ0v) is 15.0. The van der Waals surface area contributed by atoms with E-state index in [2.05, 4.69) is 25.1 Å². The molecule has 3 heterocycles. The number of aromatic nitrogens is 3. The Hall–Kier alpha value is -2.20. The first-order chi connectivity index (χ1) is 12.9. The Morgan fingerprint density at radius 1 is 1.22 bits per heavy atom. The molecule has 11 heteroatoms. The lowest BCUT2D eigenvalue weighted by Crippen LogP contribution is -2.36. The zero-order valence-electron chi connectivity index (χ0n) is 14.2. The lowest BCUT2D eigenvalue weighted by Gasteiger charge is -2.30. The number of hydrogen-bond acceptors (Lipinski definition) is 6. The summed E-state index contributed by atoms with van der Waals surface area (Å²) in [5.41, 5.74) is 0.412. The normalized spacial score (nSPS) is 16.1. The molecule has 142 valence electrons. The number of nitrogens with one attached hydrogen (secondary N) is 1. The van der Waals surface area contributed by atoms with Crippen molar-refractivity contribution in [3.8, 4) is 0 Å². The third kappa shape index (κ3) is 4.95. The highest BCUT2D eigenvalue weighted by molar-refractivity contribution is 6.64. The molecule has 6 nitrogen and oxygen atoms in total. The van der Waals surface area contributed by atoms with Crippen LogP contribution in [0.4, 0.5) is 24.8 Å². The first-order valence-electron chi connectivity index (χ1n) is 8.35. The van der Waals surface area contributed by atoms with Crippen LogP contribution in [0.15, 0.2) is 24.5 Å².